The predicted octanol–water partition coefficient (Wildman–Crippen LogP) is 0.677. The number of hydrogen-bond acceptors (Lipinski definition) is 4. The third kappa shape index (κ3) is 4.23. The molecule has 1 saturated heterocycles. The molecule has 1 aliphatic carbocycles. The Morgan fingerprint density at radius 1 is 1.33 bits per heavy atom. The highest BCUT2D eigenvalue weighted by atomic mass is 16.5. The van der Waals surface area contributed by atoms with Gasteiger partial charge in [-0.3, -0.25) is 4.79 Å². The normalized spacial score (nSPS) is 23.3. The van der Waals surface area contributed by atoms with E-state index in [1.54, 1.807) is 7.11 Å². The molecule has 2 aliphatic rings. The lowest BCUT2D eigenvalue weighted by atomic mass is 10.1. The van der Waals surface area contributed by atoms with Crippen LogP contribution >= 0.6 is 0 Å². The molecule has 104 valence electrons. The highest BCUT2D eigenvalue weighted by molar-refractivity contribution is 5.78. The van der Waals surface area contributed by atoms with E-state index < -0.39 is 0 Å². The quantitative estimate of drug-likeness (QED) is 0.600. The van der Waals surface area contributed by atoms with Crippen LogP contribution in [0.3, 0.4) is 0 Å². The van der Waals surface area contributed by atoms with Crippen LogP contribution in [0.2, 0.25) is 0 Å². The van der Waals surface area contributed by atoms with E-state index in [2.05, 4.69) is 0 Å². The van der Waals surface area contributed by atoms with Crippen molar-refractivity contribution in [2.75, 3.05) is 46.7 Å². The van der Waals surface area contributed by atoms with Gasteiger partial charge in [-0.25, -0.2) is 0 Å². The zero-order valence-corrected chi connectivity index (χ0v) is 11.1. The van der Waals surface area contributed by atoms with Crippen molar-refractivity contribution in [3.8, 4) is 0 Å². The first-order valence-electron chi connectivity index (χ1n) is 6.75. The van der Waals surface area contributed by atoms with Crippen molar-refractivity contribution in [2.24, 2.45) is 5.92 Å². The molecule has 5 heteroatoms. The van der Waals surface area contributed by atoms with Crippen molar-refractivity contribution < 1.29 is 19.0 Å². The van der Waals surface area contributed by atoms with Gasteiger partial charge in [0.25, 0.3) is 0 Å². The fraction of sp³-hybridized carbons (Fsp3) is 0.923. The fourth-order valence-corrected chi connectivity index (χ4v) is 2.23. The minimum atomic E-state index is 0.112. The topological polar surface area (TPSA) is 48.0 Å². The number of carbonyl (C=O) groups is 1. The maximum Gasteiger partial charge on any atom is 0.248 e. The Balaban J connectivity index is 1.72. The van der Waals surface area contributed by atoms with Gasteiger partial charge in [0.1, 0.15) is 6.61 Å². The summed E-state index contributed by atoms with van der Waals surface area (Å²) in [6.45, 7) is 3.65. The first kappa shape index (κ1) is 13.8. The number of carbonyl (C=O) groups excluding carboxylic acids is 1. The monoisotopic (exact) mass is 257 g/mol. The van der Waals surface area contributed by atoms with E-state index in [0.29, 0.717) is 25.2 Å². The largest absolute Gasteiger partial charge is 0.382 e. The van der Waals surface area contributed by atoms with Gasteiger partial charge in [0.05, 0.1) is 19.8 Å². The van der Waals surface area contributed by atoms with E-state index in [4.69, 9.17) is 14.2 Å². The smallest absolute Gasteiger partial charge is 0.248 e. The summed E-state index contributed by atoms with van der Waals surface area (Å²) in [6.07, 6.45) is 3.34. The van der Waals surface area contributed by atoms with Crippen LogP contribution in [-0.2, 0) is 19.0 Å². The van der Waals surface area contributed by atoms with E-state index >= 15 is 0 Å². The number of rotatable bonds is 8. The van der Waals surface area contributed by atoms with Crippen LogP contribution in [0.5, 0.6) is 0 Å². The standard InChI is InChI=1S/C13H23NO4/c1-16-6-7-18-10-13(15)14(12-2-3-12)8-11-4-5-17-9-11/h11-12H,2-10H2,1H3. The van der Waals surface area contributed by atoms with Crippen molar-refractivity contribution in [1.82, 2.24) is 4.90 Å². The number of methoxy groups -OCH3 is 1. The van der Waals surface area contributed by atoms with Crippen molar-refractivity contribution in [3.05, 3.63) is 0 Å². The third-order valence-electron chi connectivity index (χ3n) is 3.44. The van der Waals surface area contributed by atoms with Gasteiger partial charge in [0, 0.05) is 32.2 Å². The van der Waals surface area contributed by atoms with Crippen molar-refractivity contribution in [2.45, 2.75) is 25.3 Å². The third-order valence-corrected chi connectivity index (χ3v) is 3.44. The van der Waals surface area contributed by atoms with Gasteiger partial charge in [-0.05, 0) is 19.3 Å². The molecule has 1 atom stereocenters. The second-order valence-electron chi connectivity index (χ2n) is 5.05. The molecule has 2 rings (SSSR count). The second kappa shape index (κ2) is 7.07. The van der Waals surface area contributed by atoms with Crippen LogP contribution in [0.15, 0.2) is 0 Å². The highest BCUT2D eigenvalue weighted by Crippen LogP contribution is 2.29. The summed E-state index contributed by atoms with van der Waals surface area (Å²) in [5.41, 5.74) is 0. The molecule has 0 aromatic carbocycles. The molecule has 5 nitrogen and oxygen atoms in total. The molecule has 0 spiro atoms. The molecule has 1 saturated carbocycles. The fourth-order valence-electron chi connectivity index (χ4n) is 2.23. The average molecular weight is 257 g/mol. The summed E-state index contributed by atoms with van der Waals surface area (Å²) < 4.78 is 15.6. The van der Waals surface area contributed by atoms with Crippen LogP contribution in [0.4, 0.5) is 0 Å². The Labute approximate surface area is 108 Å². The van der Waals surface area contributed by atoms with Crippen LogP contribution < -0.4 is 0 Å². The van der Waals surface area contributed by atoms with Gasteiger partial charge in [-0.1, -0.05) is 0 Å². The Morgan fingerprint density at radius 2 is 2.17 bits per heavy atom. The van der Waals surface area contributed by atoms with Crippen molar-refractivity contribution in [3.63, 3.8) is 0 Å². The Morgan fingerprint density at radius 3 is 2.78 bits per heavy atom. The van der Waals surface area contributed by atoms with Crippen LogP contribution in [0.1, 0.15) is 19.3 Å². The van der Waals surface area contributed by atoms with Gasteiger partial charge < -0.3 is 19.1 Å². The van der Waals surface area contributed by atoms with E-state index in [-0.39, 0.29) is 12.5 Å². The number of nitrogens with zero attached hydrogens (tertiary/aromatic N) is 1. The van der Waals surface area contributed by atoms with E-state index in [1.165, 1.54) is 0 Å². The zero-order valence-electron chi connectivity index (χ0n) is 11.1. The Kier molecular flexibility index (Phi) is 5.41. The minimum Gasteiger partial charge on any atom is -0.382 e. The summed E-state index contributed by atoms with van der Waals surface area (Å²) in [4.78, 5) is 14.1. The van der Waals surface area contributed by atoms with Gasteiger partial charge >= 0.3 is 0 Å². The van der Waals surface area contributed by atoms with Crippen LogP contribution in [0, 0.1) is 5.92 Å². The molecule has 1 amide bonds. The Hall–Kier alpha value is -0.650. The van der Waals surface area contributed by atoms with Gasteiger partial charge in [-0.15, -0.1) is 0 Å². The summed E-state index contributed by atoms with van der Waals surface area (Å²) in [5.74, 6) is 0.619. The molecular formula is C13H23NO4. The molecule has 18 heavy (non-hydrogen) atoms. The first-order chi connectivity index (χ1) is 8.81. The Bertz CT molecular complexity index is 262. The summed E-state index contributed by atoms with van der Waals surface area (Å²) in [5, 5.41) is 0. The minimum absolute atomic E-state index is 0.112. The molecule has 0 aromatic rings. The second-order valence-corrected chi connectivity index (χ2v) is 5.05. The highest BCUT2D eigenvalue weighted by Gasteiger charge is 2.34. The van der Waals surface area contributed by atoms with E-state index in [9.17, 15) is 4.79 Å². The molecular weight excluding hydrogens is 234 g/mol. The maximum absolute atomic E-state index is 12.1. The lowest BCUT2D eigenvalue weighted by Gasteiger charge is -2.25. The van der Waals surface area contributed by atoms with E-state index in [1.807, 2.05) is 4.90 Å². The maximum atomic E-state index is 12.1. The number of amides is 1. The molecule has 2 fully saturated rings. The van der Waals surface area contributed by atoms with Crippen LogP contribution in [-0.4, -0.2) is 63.5 Å². The van der Waals surface area contributed by atoms with Crippen molar-refractivity contribution in [1.29, 1.82) is 0 Å². The number of ether oxygens (including phenoxy) is 3. The molecule has 0 N–H and O–H groups in total. The first-order valence-corrected chi connectivity index (χ1v) is 6.75. The molecule has 0 radical (unpaired) electrons. The van der Waals surface area contributed by atoms with Crippen LogP contribution in [0.25, 0.3) is 0 Å². The lowest BCUT2D eigenvalue weighted by molar-refractivity contribution is -0.137. The average Bonchev–Trinajstić information content (AvgIpc) is 3.08. The lowest BCUT2D eigenvalue weighted by Crippen LogP contribution is -2.39. The summed E-state index contributed by atoms with van der Waals surface area (Å²) >= 11 is 0. The molecule has 0 bridgehead atoms. The molecule has 1 unspecified atom stereocenters. The zero-order chi connectivity index (χ0) is 12.8. The van der Waals surface area contributed by atoms with E-state index in [0.717, 1.165) is 39.0 Å². The summed E-state index contributed by atoms with van der Waals surface area (Å²) in [7, 11) is 1.63. The summed E-state index contributed by atoms with van der Waals surface area (Å²) in [6, 6.07) is 0.448. The van der Waals surface area contributed by atoms with Gasteiger partial charge in [0.2, 0.25) is 5.91 Å². The SMILES string of the molecule is COCCOCC(=O)N(CC1CCOC1)C1CC1. The van der Waals surface area contributed by atoms with Gasteiger partial charge in [-0.2, -0.15) is 0 Å². The van der Waals surface area contributed by atoms with Crippen molar-refractivity contribution >= 4 is 5.91 Å². The molecule has 1 aliphatic heterocycles. The molecule has 0 aromatic heterocycles. The predicted molar refractivity (Wildman–Crippen MR) is 66.4 cm³/mol. The number of hydrogen-bond donors (Lipinski definition) is 0. The van der Waals surface area contributed by atoms with Gasteiger partial charge in [0.15, 0.2) is 0 Å². The molecule has 1 heterocycles.